The zero-order chi connectivity index (χ0) is 13.8. The first kappa shape index (κ1) is 16.2. The number of aryl methyl sites for hydroxylation is 2. The van der Waals surface area contributed by atoms with Crippen molar-refractivity contribution in [1.82, 2.24) is 10.5 Å². The van der Waals surface area contributed by atoms with Crippen molar-refractivity contribution in [2.24, 2.45) is 0 Å². The lowest BCUT2D eigenvalue weighted by Crippen LogP contribution is -2.16. The fourth-order valence-corrected chi connectivity index (χ4v) is 1.98. The van der Waals surface area contributed by atoms with E-state index in [0.717, 1.165) is 11.3 Å². The molecule has 0 spiro atoms. The minimum atomic E-state index is -0.195. The third-order valence-electron chi connectivity index (χ3n) is 2.89. The van der Waals surface area contributed by atoms with Crippen molar-refractivity contribution in [3.05, 3.63) is 46.8 Å². The summed E-state index contributed by atoms with van der Waals surface area (Å²) >= 11 is 0. The largest absolute Gasteiger partial charge is 0.361 e. The molecule has 108 valence electrons. The highest BCUT2D eigenvalue weighted by molar-refractivity contribution is 6.06. The fraction of sp³-hybridized carbons (Fsp3) is 0.286. The highest BCUT2D eigenvalue weighted by Gasteiger charge is 2.18. The van der Waals surface area contributed by atoms with E-state index in [-0.39, 0.29) is 18.3 Å². The van der Waals surface area contributed by atoms with E-state index in [1.165, 1.54) is 0 Å². The summed E-state index contributed by atoms with van der Waals surface area (Å²) in [7, 11) is 1.87. The Morgan fingerprint density at radius 1 is 1.30 bits per heavy atom. The van der Waals surface area contributed by atoms with Gasteiger partial charge < -0.3 is 15.2 Å². The lowest BCUT2D eigenvalue weighted by Gasteiger charge is -2.10. The second-order valence-electron chi connectivity index (χ2n) is 4.34. The molecule has 2 aromatic rings. The molecule has 1 aromatic heterocycles. The van der Waals surface area contributed by atoms with E-state index in [2.05, 4.69) is 15.8 Å². The van der Waals surface area contributed by atoms with Crippen molar-refractivity contribution >= 4 is 24.0 Å². The van der Waals surface area contributed by atoms with Gasteiger partial charge in [-0.1, -0.05) is 23.4 Å². The smallest absolute Gasteiger partial charge is 0.261 e. The number of nitrogens with one attached hydrogen (secondary N) is 2. The number of anilines is 1. The molecule has 1 aromatic carbocycles. The average Bonchev–Trinajstić information content (AvgIpc) is 2.72. The van der Waals surface area contributed by atoms with E-state index < -0.39 is 0 Å². The standard InChI is InChI=1S/C14H17N3O2.ClH/c1-9-13(10(2)19-17-9)14(18)16-12-7-5-4-6-11(12)8-15-3;/h4-7,15H,8H2,1-3H3,(H,16,18);1H. The first-order valence-corrected chi connectivity index (χ1v) is 6.10. The monoisotopic (exact) mass is 295 g/mol. The molecule has 2 rings (SSSR count). The summed E-state index contributed by atoms with van der Waals surface area (Å²) in [5.74, 6) is 0.334. The normalized spacial score (nSPS) is 9.95. The van der Waals surface area contributed by atoms with Crippen molar-refractivity contribution < 1.29 is 9.32 Å². The number of amides is 1. The van der Waals surface area contributed by atoms with Gasteiger partial charge in [-0.25, -0.2) is 0 Å². The summed E-state index contributed by atoms with van der Waals surface area (Å²) in [4.78, 5) is 12.2. The highest BCUT2D eigenvalue weighted by Crippen LogP contribution is 2.18. The van der Waals surface area contributed by atoms with Crippen LogP contribution in [-0.2, 0) is 6.54 Å². The first-order chi connectivity index (χ1) is 9.13. The van der Waals surface area contributed by atoms with Crippen molar-refractivity contribution in [3.8, 4) is 0 Å². The number of para-hydroxylation sites is 1. The molecule has 20 heavy (non-hydrogen) atoms. The number of carbonyl (C=O) groups is 1. The topological polar surface area (TPSA) is 67.2 Å². The number of benzene rings is 1. The third kappa shape index (κ3) is 3.37. The van der Waals surface area contributed by atoms with Gasteiger partial charge in [0.1, 0.15) is 11.3 Å². The van der Waals surface area contributed by atoms with Gasteiger partial charge in [-0.2, -0.15) is 0 Å². The summed E-state index contributed by atoms with van der Waals surface area (Å²) in [6.07, 6.45) is 0. The van der Waals surface area contributed by atoms with Gasteiger partial charge in [0.05, 0.1) is 5.69 Å². The summed E-state index contributed by atoms with van der Waals surface area (Å²) in [6, 6.07) is 7.68. The van der Waals surface area contributed by atoms with Crippen LogP contribution in [0.2, 0.25) is 0 Å². The average molecular weight is 296 g/mol. The van der Waals surface area contributed by atoms with Gasteiger partial charge in [0, 0.05) is 12.2 Å². The summed E-state index contributed by atoms with van der Waals surface area (Å²) in [5.41, 5.74) is 2.92. The molecule has 2 N–H and O–H groups in total. The molecule has 0 aliphatic heterocycles. The first-order valence-electron chi connectivity index (χ1n) is 6.10. The number of nitrogens with zero attached hydrogens (tertiary/aromatic N) is 1. The maximum atomic E-state index is 12.2. The van der Waals surface area contributed by atoms with Crippen LogP contribution in [0.5, 0.6) is 0 Å². The molecular formula is C14H18ClN3O2. The molecule has 0 saturated carbocycles. The van der Waals surface area contributed by atoms with E-state index >= 15 is 0 Å². The van der Waals surface area contributed by atoms with Crippen LogP contribution < -0.4 is 10.6 Å². The van der Waals surface area contributed by atoms with E-state index in [9.17, 15) is 4.79 Å². The van der Waals surface area contributed by atoms with Crippen molar-refractivity contribution in [2.45, 2.75) is 20.4 Å². The molecule has 0 radical (unpaired) electrons. The van der Waals surface area contributed by atoms with Crippen LogP contribution in [-0.4, -0.2) is 18.1 Å². The van der Waals surface area contributed by atoms with Gasteiger partial charge in [0.2, 0.25) is 0 Å². The van der Waals surface area contributed by atoms with Gasteiger partial charge in [-0.3, -0.25) is 4.79 Å². The van der Waals surface area contributed by atoms with Gasteiger partial charge in [-0.15, -0.1) is 12.4 Å². The van der Waals surface area contributed by atoms with Crippen LogP contribution in [0.4, 0.5) is 5.69 Å². The van der Waals surface area contributed by atoms with Crippen LogP contribution >= 0.6 is 12.4 Å². The second-order valence-corrected chi connectivity index (χ2v) is 4.34. The van der Waals surface area contributed by atoms with Crippen LogP contribution in [0.3, 0.4) is 0 Å². The Morgan fingerprint density at radius 2 is 2.00 bits per heavy atom. The van der Waals surface area contributed by atoms with Crippen molar-refractivity contribution in [3.63, 3.8) is 0 Å². The number of halogens is 1. The molecule has 1 heterocycles. The maximum absolute atomic E-state index is 12.2. The lowest BCUT2D eigenvalue weighted by molar-refractivity contribution is 0.102. The molecule has 0 unspecified atom stereocenters. The number of hydrogen-bond acceptors (Lipinski definition) is 4. The predicted octanol–water partition coefficient (Wildman–Crippen LogP) is 2.68. The van der Waals surface area contributed by atoms with Crippen LogP contribution in [0.1, 0.15) is 27.4 Å². The highest BCUT2D eigenvalue weighted by atomic mass is 35.5. The molecule has 0 atom stereocenters. The number of rotatable bonds is 4. The zero-order valence-corrected chi connectivity index (χ0v) is 12.5. The molecule has 1 amide bonds. The maximum Gasteiger partial charge on any atom is 0.261 e. The molecule has 0 aliphatic carbocycles. The summed E-state index contributed by atoms with van der Waals surface area (Å²) in [6.45, 7) is 4.18. The third-order valence-corrected chi connectivity index (χ3v) is 2.89. The Balaban J connectivity index is 0.00000200. The Labute approximate surface area is 124 Å². The van der Waals surface area contributed by atoms with Crippen molar-refractivity contribution in [2.75, 3.05) is 12.4 Å². The Bertz CT molecular complexity index is 576. The molecule has 0 bridgehead atoms. The number of carbonyl (C=O) groups excluding carboxylic acids is 1. The number of hydrogen-bond donors (Lipinski definition) is 2. The van der Waals surface area contributed by atoms with E-state index in [0.29, 0.717) is 23.6 Å². The minimum absolute atomic E-state index is 0. The molecular weight excluding hydrogens is 278 g/mol. The van der Waals surface area contributed by atoms with E-state index in [4.69, 9.17) is 4.52 Å². The van der Waals surface area contributed by atoms with E-state index in [1.54, 1.807) is 13.8 Å². The van der Waals surface area contributed by atoms with Gasteiger partial charge >= 0.3 is 0 Å². The van der Waals surface area contributed by atoms with Crippen molar-refractivity contribution in [1.29, 1.82) is 0 Å². The SMILES string of the molecule is CNCc1ccccc1NC(=O)c1c(C)noc1C.Cl. The second kappa shape index (κ2) is 7.07. The van der Waals surface area contributed by atoms with Crippen LogP contribution in [0.25, 0.3) is 0 Å². The molecule has 6 heteroatoms. The van der Waals surface area contributed by atoms with Gasteiger partial charge in [0.25, 0.3) is 5.91 Å². The van der Waals surface area contributed by atoms with Crippen LogP contribution in [0.15, 0.2) is 28.8 Å². The van der Waals surface area contributed by atoms with Gasteiger partial charge in [-0.05, 0) is 32.5 Å². The Hall–Kier alpha value is -1.85. The van der Waals surface area contributed by atoms with E-state index in [1.807, 2.05) is 31.3 Å². The molecule has 0 saturated heterocycles. The molecule has 5 nitrogen and oxygen atoms in total. The quantitative estimate of drug-likeness (QED) is 0.910. The van der Waals surface area contributed by atoms with Crippen LogP contribution in [0, 0.1) is 13.8 Å². The fourth-order valence-electron chi connectivity index (χ4n) is 1.98. The molecule has 0 aliphatic rings. The summed E-state index contributed by atoms with van der Waals surface area (Å²) in [5, 5.41) is 9.76. The van der Waals surface area contributed by atoms with Gasteiger partial charge in [0.15, 0.2) is 0 Å². The Morgan fingerprint density at radius 3 is 2.60 bits per heavy atom. The predicted molar refractivity (Wildman–Crippen MR) is 80.4 cm³/mol. The summed E-state index contributed by atoms with van der Waals surface area (Å²) < 4.78 is 5.01. The minimum Gasteiger partial charge on any atom is -0.361 e. The molecule has 0 fully saturated rings. The lowest BCUT2D eigenvalue weighted by atomic mass is 10.1. The zero-order valence-electron chi connectivity index (χ0n) is 11.7. The Kier molecular flexibility index (Phi) is 5.73. The number of aromatic nitrogens is 1.